The highest BCUT2D eigenvalue weighted by Gasteiger charge is 2.24. The zero-order chi connectivity index (χ0) is 21.4. The van der Waals surface area contributed by atoms with Crippen LogP contribution in [0.5, 0.6) is 0 Å². The summed E-state index contributed by atoms with van der Waals surface area (Å²) in [5, 5.41) is 8.33. The molecule has 0 bridgehead atoms. The van der Waals surface area contributed by atoms with E-state index >= 15 is 0 Å². The second-order valence-electron chi connectivity index (χ2n) is 7.83. The molecule has 0 spiro atoms. The van der Waals surface area contributed by atoms with Crippen LogP contribution in [0.3, 0.4) is 0 Å². The molecule has 0 aliphatic carbocycles. The third-order valence-electron chi connectivity index (χ3n) is 5.83. The van der Waals surface area contributed by atoms with Gasteiger partial charge in [-0.2, -0.15) is 5.10 Å². The number of aromatic amines is 1. The molecule has 31 heavy (non-hydrogen) atoms. The molecule has 6 nitrogen and oxygen atoms in total. The Kier molecular flexibility index (Phi) is 5.38. The molecule has 1 fully saturated rings. The van der Waals surface area contributed by atoms with Crippen molar-refractivity contribution in [1.82, 2.24) is 20.2 Å². The largest absolute Gasteiger partial charge is 0.377 e. The fourth-order valence-electron chi connectivity index (χ4n) is 4.27. The summed E-state index contributed by atoms with van der Waals surface area (Å²) < 4.78 is 5.68. The second kappa shape index (κ2) is 8.32. The fourth-order valence-corrected chi connectivity index (χ4v) is 4.88. The van der Waals surface area contributed by atoms with Gasteiger partial charge in [0.1, 0.15) is 17.0 Å². The van der Waals surface area contributed by atoms with Gasteiger partial charge < -0.3 is 9.64 Å². The van der Waals surface area contributed by atoms with Gasteiger partial charge in [0.2, 0.25) is 0 Å². The lowest BCUT2D eigenvalue weighted by Gasteiger charge is -2.35. The Balaban J connectivity index is 1.85. The summed E-state index contributed by atoms with van der Waals surface area (Å²) in [7, 11) is 0. The lowest BCUT2D eigenvalue weighted by atomic mass is 9.97. The van der Waals surface area contributed by atoms with Crippen molar-refractivity contribution in [1.29, 1.82) is 0 Å². The van der Waals surface area contributed by atoms with Gasteiger partial charge in [0.25, 0.3) is 0 Å². The summed E-state index contributed by atoms with van der Waals surface area (Å²) in [5.74, 6) is 0.961. The standard InChI is InChI=1S/C24H25N5OS/c1-15-13-25-23(19-8-9-26-28-19)24-22(15)18(17-6-4-5-7-20(17)31-3)12-21(27-24)29-10-11-30-14-16(29)2/h4-9,12-13,16H,10-11,14H2,1-3H3,(H,26,28). The average Bonchev–Trinajstić information content (AvgIpc) is 3.33. The molecule has 0 amide bonds. The van der Waals surface area contributed by atoms with Gasteiger partial charge in [-0.25, -0.2) is 4.98 Å². The van der Waals surface area contributed by atoms with Gasteiger partial charge in [-0.3, -0.25) is 10.1 Å². The zero-order valence-corrected chi connectivity index (χ0v) is 18.7. The van der Waals surface area contributed by atoms with Crippen LogP contribution >= 0.6 is 11.8 Å². The van der Waals surface area contributed by atoms with Crippen molar-refractivity contribution in [3.05, 3.63) is 54.4 Å². The second-order valence-corrected chi connectivity index (χ2v) is 8.68. The van der Waals surface area contributed by atoms with E-state index in [-0.39, 0.29) is 6.04 Å². The van der Waals surface area contributed by atoms with Crippen molar-refractivity contribution in [2.75, 3.05) is 30.9 Å². The Morgan fingerprint density at radius 3 is 2.84 bits per heavy atom. The monoisotopic (exact) mass is 431 g/mol. The first kappa shape index (κ1) is 20.0. The number of fused-ring (bicyclic) bond motifs is 1. The van der Waals surface area contributed by atoms with E-state index in [9.17, 15) is 0 Å². The number of benzene rings is 1. The number of H-pyrrole nitrogens is 1. The van der Waals surface area contributed by atoms with E-state index in [1.54, 1.807) is 18.0 Å². The Morgan fingerprint density at radius 1 is 1.19 bits per heavy atom. The number of nitrogens with zero attached hydrogens (tertiary/aromatic N) is 4. The third-order valence-corrected chi connectivity index (χ3v) is 6.62. The van der Waals surface area contributed by atoms with Gasteiger partial charge in [0.05, 0.1) is 24.9 Å². The van der Waals surface area contributed by atoms with Crippen LogP contribution in [-0.2, 0) is 4.74 Å². The van der Waals surface area contributed by atoms with E-state index in [2.05, 4.69) is 65.5 Å². The summed E-state index contributed by atoms with van der Waals surface area (Å²) in [4.78, 5) is 13.5. The highest BCUT2D eigenvalue weighted by atomic mass is 32.2. The number of pyridine rings is 2. The summed E-state index contributed by atoms with van der Waals surface area (Å²) in [6.45, 7) is 6.53. The fraction of sp³-hybridized carbons (Fsp3) is 0.292. The number of thioether (sulfide) groups is 1. The van der Waals surface area contributed by atoms with Crippen molar-refractivity contribution < 1.29 is 4.74 Å². The van der Waals surface area contributed by atoms with Gasteiger partial charge in [-0.15, -0.1) is 11.8 Å². The molecule has 1 aromatic carbocycles. The molecule has 4 heterocycles. The molecule has 3 aromatic heterocycles. The van der Waals surface area contributed by atoms with Crippen LogP contribution in [0.1, 0.15) is 12.5 Å². The topological polar surface area (TPSA) is 66.9 Å². The van der Waals surface area contributed by atoms with Crippen LogP contribution < -0.4 is 4.90 Å². The maximum atomic E-state index is 5.68. The van der Waals surface area contributed by atoms with Crippen LogP contribution in [0.15, 0.2) is 53.7 Å². The van der Waals surface area contributed by atoms with Crippen molar-refractivity contribution in [2.45, 2.75) is 24.8 Å². The average molecular weight is 432 g/mol. The molecule has 7 heteroatoms. The smallest absolute Gasteiger partial charge is 0.130 e. The minimum absolute atomic E-state index is 0.260. The number of hydrogen-bond donors (Lipinski definition) is 1. The SMILES string of the molecule is CSc1ccccc1-c1cc(N2CCOCC2C)nc2c(-c3ccn[nH]3)ncc(C)c12. The molecule has 1 atom stereocenters. The number of nitrogens with one attached hydrogen (secondary N) is 1. The van der Waals surface area contributed by atoms with E-state index in [1.165, 1.54) is 16.0 Å². The number of aryl methyl sites for hydroxylation is 1. The van der Waals surface area contributed by atoms with Crippen molar-refractivity contribution in [3.63, 3.8) is 0 Å². The van der Waals surface area contributed by atoms with E-state index < -0.39 is 0 Å². The van der Waals surface area contributed by atoms with E-state index in [0.717, 1.165) is 40.2 Å². The number of morpholine rings is 1. The van der Waals surface area contributed by atoms with Crippen LogP contribution in [0.25, 0.3) is 33.4 Å². The van der Waals surface area contributed by atoms with E-state index in [1.807, 2.05) is 12.3 Å². The van der Waals surface area contributed by atoms with E-state index in [4.69, 9.17) is 14.7 Å². The third kappa shape index (κ3) is 3.58. The number of aromatic nitrogens is 4. The minimum Gasteiger partial charge on any atom is -0.377 e. The molecule has 4 aromatic rings. The molecule has 1 unspecified atom stereocenters. The lowest BCUT2D eigenvalue weighted by Crippen LogP contribution is -2.44. The first-order valence-corrected chi connectivity index (χ1v) is 11.7. The minimum atomic E-state index is 0.260. The van der Waals surface area contributed by atoms with Gasteiger partial charge in [0.15, 0.2) is 0 Å². The van der Waals surface area contributed by atoms with Gasteiger partial charge in [-0.1, -0.05) is 18.2 Å². The normalized spacial score (nSPS) is 16.7. The summed E-state index contributed by atoms with van der Waals surface area (Å²) in [5.41, 5.74) is 6.10. The first-order chi connectivity index (χ1) is 15.2. The van der Waals surface area contributed by atoms with Crippen LogP contribution in [0.2, 0.25) is 0 Å². The molecule has 0 saturated carbocycles. The molecule has 1 N–H and O–H groups in total. The molecular weight excluding hydrogens is 406 g/mol. The van der Waals surface area contributed by atoms with Crippen LogP contribution in [0, 0.1) is 6.92 Å². The highest BCUT2D eigenvalue weighted by Crippen LogP contribution is 2.40. The first-order valence-electron chi connectivity index (χ1n) is 10.4. The van der Waals surface area contributed by atoms with Gasteiger partial charge >= 0.3 is 0 Å². The Labute approximate surface area is 186 Å². The van der Waals surface area contributed by atoms with Crippen molar-refractivity contribution in [3.8, 4) is 22.5 Å². The molecule has 0 radical (unpaired) electrons. The quantitative estimate of drug-likeness (QED) is 0.462. The number of ether oxygens (including phenoxy) is 1. The molecular formula is C24H25N5OS. The number of hydrogen-bond acceptors (Lipinski definition) is 6. The summed E-state index contributed by atoms with van der Waals surface area (Å²) >= 11 is 1.76. The van der Waals surface area contributed by atoms with E-state index in [0.29, 0.717) is 13.2 Å². The Hall–Kier alpha value is -2.90. The molecule has 1 aliphatic rings. The molecule has 5 rings (SSSR count). The predicted octanol–water partition coefficient (Wildman–Crippen LogP) is 4.94. The van der Waals surface area contributed by atoms with Gasteiger partial charge in [0, 0.05) is 29.2 Å². The number of anilines is 1. The summed E-state index contributed by atoms with van der Waals surface area (Å²) in [6.07, 6.45) is 5.81. The van der Waals surface area contributed by atoms with Crippen molar-refractivity contribution in [2.24, 2.45) is 0 Å². The zero-order valence-electron chi connectivity index (χ0n) is 17.9. The van der Waals surface area contributed by atoms with Crippen LogP contribution in [-0.4, -0.2) is 52.2 Å². The Morgan fingerprint density at radius 2 is 2.06 bits per heavy atom. The van der Waals surface area contributed by atoms with Crippen LogP contribution in [0.4, 0.5) is 5.82 Å². The lowest BCUT2D eigenvalue weighted by molar-refractivity contribution is 0.0986. The Bertz CT molecular complexity index is 1220. The molecule has 158 valence electrons. The highest BCUT2D eigenvalue weighted by molar-refractivity contribution is 7.98. The number of rotatable bonds is 4. The maximum absolute atomic E-state index is 5.68. The predicted molar refractivity (Wildman–Crippen MR) is 127 cm³/mol. The van der Waals surface area contributed by atoms with Crippen molar-refractivity contribution >= 4 is 28.5 Å². The van der Waals surface area contributed by atoms with Gasteiger partial charge in [-0.05, 0) is 55.0 Å². The molecule has 1 saturated heterocycles. The maximum Gasteiger partial charge on any atom is 0.130 e. The summed E-state index contributed by atoms with van der Waals surface area (Å²) in [6, 6.07) is 13.0. The molecule has 1 aliphatic heterocycles.